The van der Waals surface area contributed by atoms with Crippen molar-refractivity contribution in [2.75, 3.05) is 0 Å². The van der Waals surface area contributed by atoms with Crippen molar-refractivity contribution in [2.45, 2.75) is 6.42 Å². The molecular weight excluding hydrogens is 269 g/mol. The number of benzene rings is 1. The SMILES string of the molecule is C[n+]1ccc(CC(=O)c2ccc(Cl)c(Cl)c2)cc1. The maximum Gasteiger partial charge on any atom is 0.168 e. The lowest BCUT2D eigenvalue weighted by Gasteiger charge is -2.02. The van der Waals surface area contributed by atoms with Gasteiger partial charge in [0.05, 0.1) is 10.0 Å². The average Bonchev–Trinajstić information content (AvgIpc) is 2.35. The molecule has 0 amide bonds. The molecule has 0 radical (unpaired) electrons. The molecule has 1 aromatic heterocycles. The van der Waals surface area contributed by atoms with Crippen LogP contribution in [0.15, 0.2) is 42.7 Å². The third-order valence-electron chi connectivity index (χ3n) is 2.65. The first-order valence-electron chi connectivity index (χ1n) is 5.48. The van der Waals surface area contributed by atoms with E-state index in [4.69, 9.17) is 23.2 Å². The van der Waals surface area contributed by atoms with E-state index in [-0.39, 0.29) is 5.78 Å². The Bertz CT molecular complexity index is 579. The van der Waals surface area contributed by atoms with Gasteiger partial charge in [-0.05, 0) is 23.8 Å². The second kappa shape index (κ2) is 5.51. The number of carbonyl (C=O) groups excluding carboxylic acids is 1. The zero-order valence-electron chi connectivity index (χ0n) is 9.86. The zero-order chi connectivity index (χ0) is 13.1. The summed E-state index contributed by atoms with van der Waals surface area (Å²) in [7, 11) is 1.94. The van der Waals surface area contributed by atoms with Gasteiger partial charge < -0.3 is 0 Å². The van der Waals surface area contributed by atoms with Crippen LogP contribution >= 0.6 is 23.2 Å². The van der Waals surface area contributed by atoms with Crippen LogP contribution in [0.5, 0.6) is 0 Å². The van der Waals surface area contributed by atoms with Crippen LogP contribution in [0.2, 0.25) is 10.0 Å². The maximum absolute atomic E-state index is 12.1. The molecule has 0 aliphatic rings. The summed E-state index contributed by atoms with van der Waals surface area (Å²) in [5, 5.41) is 0.863. The molecule has 1 heterocycles. The number of nitrogens with zero attached hydrogens (tertiary/aromatic N) is 1. The van der Waals surface area contributed by atoms with Crippen LogP contribution in [0.3, 0.4) is 0 Å². The van der Waals surface area contributed by atoms with Crippen molar-refractivity contribution in [3.8, 4) is 0 Å². The molecule has 2 aromatic rings. The normalized spacial score (nSPS) is 10.4. The van der Waals surface area contributed by atoms with Crippen molar-refractivity contribution in [3.63, 3.8) is 0 Å². The smallest absolute Gasteiger partial charge is 0.168 e. The Morgan fingerprint density at radius 3 is 2.39 bits per heavy atom. The molecule has 1 aromatic carbocycles. The number of Topliss-reactive ketones (excluding diaryl/α,β-unsaturated/α-hetero) is 1. The highest BCUT2D eigenvalue weighted by Gasteiger charge is 2.09. The Morgan fingerprint density at radius 1 is 1.11 bits per heavy atom. The van der Waals surface area contributed by atoms with Gasteiger partial charge in [-0.3, -0.25) is 4.79 Å². The lowest BCUT2D eigenvalue weighted by molar-refractivity contribution is -0.671. The molecule has 0 saturated carbocycles. The number of aromatic nitrogens is 1. The van der Waals surface area contributed by atoms with Crippen molar-refractivity contribution >= 4 is 29.0 Å². The van der Waals surface area contributed by atoms with Crippen molar-refractivity contribution in [3.05, 3.63) is 63.9 Å². The van der Waals surface area contributed by atoms with Gasteiger partial charge in [0.2, 0.25) is 0 Å². The summed E-state index contributed by atoms with van der Waals surface area (Å²) in [6, 6.07) is 8.79. The largest absolute Gasteiger partial charge is 0.294 e. The summed E-state index contributed by atoms with van der Waals surface area (Å²) in [4.78, 5) is 12.1. The van der Waals surface area contributed by atoms with Crippen molar-refractivity contribution < 1.29 is 9.36 Å². The van der Waals surface area contributed by atoms with Gasteiger partial charge in [-0.25, -0.2) is 4.57 Å². The highest BCUT2D eigenvalue weighted by Crippen LogP contribution is 2.23. The Hall–Kier alpha value is -1.38. The number of hydrogen-bond acceptors (Lipinski definition) is 1. The van der Waals surface area contributed by atoms with Gasteiger partial charge in [0, 0.05) is 24.1 Å². The Kier molecular flexibility index (Phi) is 4.00. The van der Waals surface area contributed by atoms with E-state index < -0.39 is 0 Å². The molecule has 2 rings (SSSR count). The summed E-state index contributed by atoms with van der Waals surface area (Å²) in [5.74, 6) is 0.0300. The molecule has 2 nitrogen and oxygen atoms in total. The van der Waals surface area contributed by atoms with Gasteiger partial charge in [0.25, 0.3) is 0 Å². The summed E-state index contributed by atoms with van der Waals surface area (Å²) in [6.07, 6.45) is 4.19. The second-order valence-corrected chi connectivity index (χ2v) is 4.92. The summed E-state index contributed by atoms with van der Waals surface area (Å²) < 4.78 is 1.92. The molecule has 92 valence electrons. The molecule has 0 aliphatic carbocycles. The summed E-state index contributed by atoms with van der Waals surface area (Å²) in [6.45, 7) is 0. The zero-order valence-corrected chi connectivity index (χ0v) is 11.4. The number of rotatable bonds is 3. The van der Waals surface area contributed by atoms with Crippen LogP contribution in [-0.4, -0.2) is 5.78 Å². The van der Waals surface area contributed by atoms with Crippen LogP contribution in [0.25, 0.3) is 0 Å². The van der Waals surface area contributed by atoms with E-state index in [0.717, 1.165) is 5.56 Å². The molecule has 4 heteroatoms. The first kappa shape index (κ1) is 13.1. The predicted octanol–water partition coefficient (Wildman–Crippen LogP) is 3.24. The van der Waals surface area contributed by atoms with Gasteiger partial charge in [0.15, 0.2) is 18.2 Å². The molecule has 0 spiro atoms. The summed E-state index contributed by atoms with van der Waals surface area (Å²) >= 11 is 11.7. The lowest BCUT2D eigenvalue weighted by Crippen LogP contribution is -2.26. The molecule has 0 N–H and O–H groups in total. The molecule has 0 saturated heterocycles. The molecular formula is C14H12Cl2NO+. The van der Waals surface area contributed by atoms with Crippen molar-refractivity contribution in [2.24, 2.45) is 7.05 Å². The quantitative estimate of drug-likeness (QED) is 0.625. The molecule has 18 heavy (non-hydrogen) atoms. The van der Waals surface area contributed by atoms with Crippen LogP contribution in [-0.2, 0) is 13.5 Å². The van der Waals surface area contributed by atoms with Crippen molar-refractivity contribution in [1.29, 1.82) is 0 Å². The molecule has 0 aliphatic heterocycles. The number of pyridine rings is 1. The monoisotopic (exact) mass is 280 g/mol. The number of halogens is 2. The minimum atomic E-state index is 0.0300. The van der Waals surface area contributed by atoms with Gasteiger partial charge in [-0.15, -0.1) is 0 Å². The topological polar surface area (TPSA) is 20.9 Å². The van der Waals surface area contributed by atoms with Gasteiger partial charge in [-0.1, -0.05) is 23.2 Å². The maximum atomic E-state index is 12.1. The number of carbonyl (C=O) groups is 1. The van der Waals surface area contributed by atoms with Gasteiger partial charge >= 0.3 is 0 Å². The Labute approximate surface area is 116 Å². The van der Waals surface area contributed by atoms with E-state index >= 15 is 0 Å². The Balaban J connectivity index is 2.16. The first-order valence-corrected chi connectivity index (χ1v) is 6.24. The molecule has 0 atom stereocenters. The van der Waals surface area contributed by atoms with E-state index in [0.29, 0.717) is 22.0 Å². The third-order valence-corrected chi connectivity index (χ3v) is 3.39. The number of ketones is 1. The molecule has 0 unspecified atom stereocenters. The fourth-order valence-electron chi connectivity index (χ4n) is 1.61. The van der Waals surface area contributed by atoms with E-state index in [9.17, 15) is 4.79 Å². The molecule has 0 fully saturated rings. The van der Waals surface area contributed by atoms with Crippen LogP contribution in [0.1, 0.15) is 15.9 Å². The van der Waals surface area contributed by atoms with Gasteiger partial charge in [0.1, 0.15) is 7.05 Å². The lowest BCUT2D eigenvalue weighted by atomic mass is 10.0. The second-order valence-electron chi connectivity index (χ2n) is 4.10. The van der Waals surface area contributed by atoms with Gasteiger partial charge in [-0.2, -0.15) is 0 Å². The highest BCUT2D eigenvalue weighted by atomic mass is 35.5. The fraction of sp³-hybridized carbons (Fsp3) is 0.143. The molecule has 0 bridgehead atoms. The predicted molar refractivity (Wildman–Crippen MR) is 72.1 cm³/mol. The van der Waals surface area contributed by atoms with Crippen LogP contribution < -0.4 is 4.57 Å². The van der Waals surface area contributed by atoms with E-state index in [1.54, 1.807) is 18.2 Å². The number of hydrogen-bond donors (Lipinski definition) is 0. The highest BCUT2D eigenvalue weighted by molar-refractivity contribution is 6.42. The minimum absolute atomic E-state index is 0.0300. The standard InChI is InChI=1S/C14H12Cl2NO/c1-17-6-4-10(5-7-17)8-14(18)11-2-3-12(15)13(16)9-11/h2-7,9H,8H2,1H3/q+1. The van der Waals surface area contributed by atoms with Crippen LogP contribution in [0, 0.1) is 0 Å². The first-order chi connectivity index (χ1) is 8.56. The van der Waals surface area contributed by atoms with E-state index in [1.165, 1.54) is 0 Å². The average molecular weight is 281 g/mol. The minimum Gasteiger partial charge on any atom is -0.294 e. The third kappa shape index (κ3) is 3.09. The van der Waals surface area contributed by atoms with E-state index in [2.05, 4.69) is 0 Å². The summed E-state index contributed by atoms with van der Waals surface area (Å²) in [5.41, 5.74) is 1.56. The fourth-order valence-corrected chi connectivity index (χ4v) is 1.90. The number of aryl methyl sites for hydroxylation is 1. The van der Waals surface area contributed by atoms with Crippen LogP contribution in [0.4, 0.5) is 0 Å². The van der Waals surface area contributed by atoms with Crippen molar-refractivity contribution in [1.82, 2.24) is 0 Å². The Morgan fingerprint density at radius 2 is 1.78 bits per heavy atom. The van der Waals surface area contributed by atoms with E-state index in [1.807, 2.05) is 36.1 Å².